The summed E-state index contributed by atoms with van der Waals surface area (Å²) in [5.41, 5.74) is 3.43. The van der Waals surface area contributed by atoms with Gasteiger partial charge in [-0.2, -0.15) is 0 Å². The van der Waals surface area contributed by atoms with Crippen LogP contribution in [0.3, 0.4) is 0 Å². The van der Waals surface area contributed by atoms with Crippen molar-refractivity contribution in [1.82, 2.24) is 10.6 Å². The Morgan fingerprint density at radius 2 is 1.89 bits per heavy atom. The lowest BCUT2D eigenvalue weighted by Crippen LogP contribution is -2.52. The van der Waals surface area contributed by atoms with Gasteiger partial charge in [-0.1, -0.05) is 30.3 Å². The van der Waals surface area contributed by atoms with Gasteiger partial charge in [0.05, 0.1) is 19.7 Å². The molecule has 196 valence electrons. The number of rotatable bonds is 7. The molecule has 1 aliphatic rings. The van der Waals surface area contributed by atoms with E-state index in [1.807, 2.05) is 54.6 Å². The molecule has 0 saturated carbocycles. The fraction of sp³-hybridized carbons (Fsp3) is 0.321. The zero-order valence-electron chi connectivity index (χ0n) is 21.5. The number of carbonyl (C=O) groups excluding carboxylic acids is 3. The summed E-state index contributed by atoms with van der Waals surface area (Å²) < 4.78 is 5.70. The van der Waals surface area contributed by atoms with E-state index in [-0.39, 0.29) is 36.7 Å². The zero-order valence-corrected chi connectivity index (χ0v) is 22.3. The summed E-state index contributed by atoms with van der Waals surface area (Å²) in [7, 11) is 3.32. The second kappa shape index (κ2) is 12.1. The Bertz CT molecular complexity index is 1310. The van der Waals surface area contributed by atoms with Crippen LogP contribution in [0.15, 0.2) is 54.6 Å². The Morgan fingerprint density at radius 3 is 2.59 bits per heavy atom. The number of methoxy groups -OCH3 is 1. The van der Waals surface area contributed by atoms with Gasteiger partial charge in [0.25, 0.3) is 0 Å². The molecule has 0 radical (unpaired) electrons. The first kappa shape index (κ1) is 28.0. The topological polar surface area (TPSA) is 99.8 Å². The monoisotopic (exact) mass is 524 g/mol. The quantitative estimate of drug-likeness (QED) is 0.436. The molecule has 2 unspecified atom stereocenters. The first-order valence-electron chi connectivity index (χ1n) is 12.1. The molecule has 4 rings (SSSR count). The Balaban J connectivity index is 0.00000380. The molecule has 3 aromatic rings. The van der Waals surface area contributed by atoms with Crippen molar-refractivity contribution >= 4 is 52.3 Å². The third-order valence-electron chi connectivity index (χ3n) is 6.64. The minimum Gasteiger partial charge on any atom is -0.496 e. The summed E-state index contributed by atoms with van der Waals surface area (Å²) in [4.78, 5) is 39.8. The summed E-state index contributed by atoms with van der Waals surface area (Å²) in [5.74, 6) is 0.143. The number of nitrogens with zero attached hydrogens (tertiary/aromatic N) is 1. The number of halogens is 1. The Hall–Kier alpha value is -3.62. The van der Waals surface area contributed by atoms with Crippen LogP contribution >= 0.6 is 12.4 Å². The number of aryl methyl sites for hydroxylation is 1. The van der Waals surface area contributed by atoms with E-state index in [4.69, 9.17) is 4.74 Å². The predicted molar refractivity (Wildman–Crippen MR) is 148 cm³/mol. The molecule has 2 atom stereocenters. The van der Waals surface area contributed by atoms with Crippen LogP contribution in [-0.4, -0.2) is 44.0 Å². The largest absolute Gasteiger partial charge is 0.496 e. The van der Waals surface area contributed by atoms with E-state index in [9.17, 15) is 14.4 Å². The van der Waals surface area contributed by atoms with Gasteiger partial charge < -0.3 is 25.6 Å². The number of ether oxygens (including phenoxy) is 1. The van der Waals surface area contributed by atoms with E-state index in [1.54, 1.807) is 26.0 Å². The van der Waals surface area contributed by atoms with E-state index in [2.05, 4.69) is 16.0 Å². The van der Waals surface area contributed by atoms with Crippen LogP contribution in [0.1, 0.15) is 31.4 Å². The summed E-state index contributed by atoms with van der Waals surface area (Å²) in [6.07, 6.45) is 1.19. The maximum atomic E-state index is 13.9. The van der Waals surface area contributed by atoms with Crippen LogP contribution in [0.2, 0.25) is 0 Å². The number of benzene rings is 3. The number of nitrogens with one attached hydrogen (secondary N) is 3. The third-order valence-corrected chi connectivity index (χ3v) is 6.64. The summed E-state index contributed by atoms with van der Waals surface area (Å²) in [5, 5.41) is 10.5. The van der Waals surface area contributed by atoms with Gasteiger partial charge in [-0.25, -0.2) is 0 Å². The molecule has 9 heteroatoms. The lowest BCUT2D eigenvalue weighted by atomic mass is 10.0. The standard InChI is InChI=1S/C28H32N4O4.ClH/c1-17(29-3)27(34)31-24-13-9-19-7-5-6-8-25(19)32(28(24)35)16-23-22-12-11-21(30-18(2)33)15-20(22)10-14-26(23)36-4;/h5-8,10-12,14-15,17,24,29H,9,13,16H2,1-4H3,(H,30,33)(H,31,34);1H. The zero-order chi connectivity index (χ0) is 25.8. The van der Waals surface area contributed by atoms with Gasteiger partial charge >= 0.3 is 0 Å². The van der Waals surface area contributed by atoms with Crippen molar-refractivity contribution < 1.29 is 19.1 Å². The molecule has 0 aliphatic carbocycles. The molecule has 8 nitrogen and oxygen atoms in total. The van der Waals surface area contributed by atoms with E-state index < -0.39 is 12.1 Å². The average molecular weight is 525 g/mol. The maximum Gasteiger partial charge on any atom is 0.249 e. The highest BCUT2D eigenvalue weighted by Gasteiger charge is 2.33. The molecule has 3 N–H and O–H groups in total. The second-order valence-electron chi connectivity index (χ2n) is 9.03. The fourth-order valence-electron chi connectivity index (χ4n) is 4.61. The Morgan fingerprint density at radius 1 is 1.14 bits per heavy atom. The van der Waals surface area contributed by atoms with Crippen molar-refractivity contribution in [3.05, 3.63) is 65.7 Å². The van der Waals surface area contributed by atoms with Crippen molar-refractivity contribution in [3.8, 4) is 5.75 Å². The van der Waals surface area contributed by atoms with Crippen LogP contribution in [-0.2, 0) is 27.3 Å². The molecule has 1 heterocycles. The predicted octanol–water partition coefficient (Wildman–Crippen LogP) is 3.80. The molecule has 0 saturated heterocycles. The summed E-state index contributed by atoms with van der Waals surface area (Å²) >= 11 is 0. The Kier molecular flexibility index (Phi) is 9.13. The molecular formula is C28H33ClN4O4. The molecule has 0 bridgehead atoms. The molecule has 37 heavy (non-hydrogen) atoms. The van der Waals surface area contributed by atoms with E-state index in [0.29, 0.717) is 24.3 Å². The highest BCUT2D eigenvalue weighted by molar-refractivity contribution is 6.02. The van der Waals surface area contributed by atoms with Crippen molar-refractivity contribution in [3.63, 3.8) is 0 Å². The fourth-order valence-corrected chi connectivity index (χ4v) is 4.61. The highest BCUT2D eigenvalue weighted by Crippen LogP contribution is 2.35. The van der Waals surface area contributed by atoms with E-state index in [1.165, 1.54) is 6.92 Å². The van der Waals surface area contributed by atoms with Gasteiger partial charge in [0.2, 0.25) is 17.7 Å². The van der Waals surface area contributed by atoms with Crippen molar-refractivity contribution in [1.29, 1.82) is 0 Å². The minimum absolute atomic E-state index is 0. The van der Waals surface area contributed by atoms with E-state index >= 15 is 0 Å². The number of amides is 3. The lowest BCUT2D eigenvalue weighted by molar-refractivity contribution is -0.128. The molecule has 3 amide bonds. The first-order chi connectivity index (χ1) is 17.3. The SMILES string of the molecule is CNC(C)C(=O)NC1CCc2ccccc2N(Cc2c(OC)ccc3cc(NC(C)=O)ccc23)C1=O.Cl. The molecular weight excluding hydrogens is 492 g/mol. The van der Waals surface area contributed by atoms with Crippen LogP contribution in [0.5, 0.6) is 5.75 Å². The average Bonchev–Trinajstić information content (AvgIpc) is 3.00. The lowest BCUT2D eigenvalue weighted by Gasteiger charge is -2.28. The highest BCUT2D eigenvalue weighted by atomic mass is 35.5. The van der Waals surface area contributed by atoms with Crippen molar-refractivity contribution in [2.75, 3.05) is 24.4 Å². The molecule has 1 aliphatic heterocycles. The Labute approximate surface area is 223 Å². The molecule has 0 aromatic heterocycles. The normalized spacial score (nSPS) is 15.7. The van der Waals surface area contributed by atoms with Crippen molar-refractivity contribution in [2.24, 2.45) is 0 Å². The van der Waals surface area contributed by atoms with Crippen LogP contribution in [0.25, 0.3) is 10.8 Å². The van der Waals surface area contributed by atoms with Crippen LogP contribution in [0, 0.1) is 0 Å². The smallest absolute Gasteiger partial charge is 0.249 e. The van der Waals surface area contributed by atoms with Crippen LogP contribution < -0.4 is 25.6 Å². The van der Waals surface area contributed by atoms with Crippen molar-refractivity contribution in [2.45, 2.75) is 45.3 Å². The maximum absolute atomic E-state index is 13.9. The number of hydrogen-bond donors (Lipinski definition) is 3. The summed E-state index contributed by atoms with van der Waals surface area (Å²) in [6.45, 7) is 3.50. The van der Waals surface area contributed by atoms with Gasteiger partial charge in [0.15, 0.2) is 0 Å². The van der Waals surface area contributed by atoms with Gasteiger partial charge in [0, 0.05) is 23.9 Å². The van der Waals surface area contributed by atoms with Gasteiger partial charge in [0.1, 0.15) is 11.8 Å². The minimum atomic E-state index is -0.645. The molecule has 3 aromatic carbocycles. The number of hydrogen-bond acceptors (Lipinski definition) is 5. The van der Waals surface area contributed by atoms with Crippen LogP contribution in [0.4, 0.5) is 11.4 Å². The third kappa shape index (κ3) is 6.03. The van der Waals surface area contributed by atoms with Gasteiger partial charge in [-0.3, -0.25) is 14.4 Å². The molecule has 0 fully saturated rings. The number of anilines is 2. The second-order valence-corrected chi connectivity index (χ2v) is 9.03. The first-order valence-corrected chi connectivity index (χ1v) is 12.1. The number of fused-ring (bicyclic) bond motifs is 2. The number of likely N-dealkylation sites (N-methyl/N-ethyl adjacent to an activating group) is 1. The number of para-hydroxylation sites is 1. The van der Waals surface area contributed by atoms with E-state index in [0.717, 1.165) is 27.6 Å². The summed E-state index contributed by atoms with van der Waals surface area (Å²) in [6, 6.07) is 16.3. The van der Waals surface area contributed by atoms with Gasteiger partial charge in [-0.05, 0) is 67.4 Å². The van der Waals surface area contributed by atoms with Gasteiger partial charge in [-0.15, -0.1) is 12.4 Å². The number of carbonyl (C=O) groups is 3. The molecule has 0 spiro atoms.